The van der Waals surface area contributed by atoms with Crippen molar-refractivity contribution in [1.29, 1.82) is 0 Å². The fourth-order valence-corrected chi connectivity index (χ4v) is 2.60. The number of alkyl halides is 3. The minimum atomic E-state index is -4.52. The number of carbonyl (C=O) groups excluding carboxylic acids is 1. The second-order valence-electron chi connectivity index (χ2n) is 5.77. The molecule has 0 aliphatic rings. The van der Waals surface area contributed by atoms with Gasteiger partial charge >= 0.3 is 12.2 Å². The predicted octanol–water partition coefficient (Wildman–Crippen LogP) is 5.39. The molecular formula is C18H13ClF4N4O. The van der Waals surface area contributed by atoms with Gasteiger partial charge in [-0.05, 0) is 24.3 Å². The summed E-state index contributed by atoms with van der Waals surface area (Å²) in [5, 5.41) is 8.77. The normalized spacial score (nSPS) is 11.3. The van der Waals surface area contributed by atoms with Crippen molar-refractivity contribution in [2.24, 2.45) is 0 Å². The van der Waals surface area contributed by atoms with E-state index in [0.717, 1.165) is 12.1 Å². The molecule has 0 saturated heterocycles. The van der Waals surface area contributed by atoms with Crippen molar-refractivity contribution in [3.63, 3.8) is 0 Å². The van der Waals surface area contributed by atoms with Crippen LogP contribution in [0.1, 0.15) is 11.1 Å². The molecular weight excluding hydrogens is 400 g/mol. The maximum absolute atomic E-state index is 13.7. The van der Waals surface area contributed by atoms with E-state index in [1.807, 2.05) is 0 Å². The Labute approximate surface area is 161 Å². The van der Waals surface area contributed by atoms with E-state index in [1.165, 1.54) is 29.1 Å². The van der Waals surface area contributed by atoms with Crippen LogP contribution in [0.5, 0.6) is 0 Å². The molecule has 0 saturated carbocycles. The fraction of sp³-hybridized carbons (Fsp3) is 0.111. The molecule has 5 nitrogen and oxygen atoms in total. The molecule has 0 aliphatic carbocycles. The summed E-state index contributed by atoms with van der Waals surface area (Å²) in [6.45, 7) is 0.0866. The largest absolute Gasteiger partial charge is 0.416 e. The Kier molecular flexibility index (Phi) is 5.55. The van der Waals surface area contributed by atoms with Gasteiger partial charge in [0.05, 0.1) is 12.1 Å². The van der Waals surface area contributed by atoms with E-state index in [1.54, 1.807) is 18.2 Å². The highest BCUT2D eigenvalue weighted by Crippen LogP contribution is 2.30. The molecule has 2 amide bonds. The quantitative estimate of drug-likeness (QED) is 0.565. The first kappa shape index (κ1) is 19.7. The maximum atomic E-state index is 13.7. The van der Waals surface area contributed by atoms with E-state index in [4.69, 9.17) is 11.6 Å². The Morgan fingerprint density at radius 1 is 1.11 bits per heavy atom. The molecule has 1 heterocycles. The van der Waals surface area contributed by atoms with Crippen LogP contribution in [0.25, 0.3) is 0 Å². The van der Waals surface area contributed by atoms with Crippen LogP contribution in [-0.2, 0) is 12.7 Å². The van der Waals surface area contributed by atoms with Crippen molar-refractivity contribution in [3.05, 3.63) is 76.7 Å². The van der Waals surface area contributed by atoms with Crippen LogP contribution in [0, 0.1) is 5.82 Å². The van der Waals surface area contributed by atoms with Gasteiger partial charge in [0.1, 0.15) is 10.8 Å². The highest BCUT2D eigenvalue weighted by molar-refractivity contribution is 6.33. The Hall–Kier alpha value is -3.07. The summed E-state index contributed by atoms with van der Waals surface area (Å²) < 4.78 is 53.2. The number of halogens is 5. The summed E-state index contributed by atoms with van der Waals surface area (Å²) in [5.41, 5.74) is -0.562. The number of aromatic nitrogens is 2. The molecule has 146 valence electrons. The van der Waals surface area contributed by atoms with Crippen LogP contribution in [0.15, 0.2) is 54.7 Å². The highest BCUT2D eigenvalue weighted by atomic mass is 35.5. The Morgan fingerprint density at radius 3 is 2.57 bits per heavy atom. The molecule has 0 aliphatic heterocycles. The number of anilines is 2. The first-order valence-corrected chi connectivity index (χ1v) is 8.32. The van der Waals surface area contributed by atoms with Crippen molar-refractivity contribution in [3.8, 4) is 0 Å². The Balaban J connectivity index is 1.68. The minimum absolute atomic E-state index is 0.0116. The Morgan fingerprint density at radius 2 is 1.86 bits per heavy atom. The number of amides is 2. The average molecular weight is 413 g/mol. The number of hydrogen-bond acceptors (Lipinski definition) is 2. The van der Waals surface area contributed by atoms with E-state index >= 15 is 0 Å². The molecule has 0 radical (unpaired) electrons. The zero-order valence-corrected chi connectivity index (χ0v) is 14.9. The second kappa shape index (κ2) is 7.89. The van der Waals surface area contributed by atoms with Gasteiger partial charge in [0.2, 0.25) is 0 Å². The minimum Gasteiger partial charge on any atom is -0.308 e. The monoisotopic (exact) mass is 412 g/mol. The van der Waals surface area contributed by atoms with Gasteiger partial charge in [-0.15, -0.1) is 0 Å². The van der Waals surface area contributed by atoms with Gasteiger partial charge in [-0.1, -0.05) is 35.9 Å². The lowest BCUT2D eigenvalue weighted by molar-refractivity contribution is -0.137. The second-order valence-corrected chi connectivity index (χ2v) is 6.18. The first-order valence-electron chi connectivity index (χ1n) is 7.94. The molecule has 0 bridgehead atoms. The summed E-state index contributed by atoms with van der Waals surface area (Å²) in [7, 11) is 0. The number of urea groups is 1. The van der Waals surface area contributed by atoms with Crippen LogP contribution in [0.2, 0.25) is 5.02 Å². The number of nitrogens with zero attached hydrogens (tertiary/aromatic N) is 2. The fourth-order valence-electron chi connectivity index (χ4n) is 2.41. The van der Waals surface area contributed by atoms with Crippen LogP contribution >= 0.6 is 11.6 Å². The molecule has 0 spiro atoms. The molecule has 2 aromatic carbocycles. The van der Waals surface area contributed by atoms with Crippen LogP contribution in [0.3, 0.4) is 0 Å². The van der Waals surface area contributed by atoms with Gasteiger partial charge in [0.15, 0.2) is 5.82 Å². The summed E-state index contributed by atoms with van der Waals surface area (Å²) in [4.78, 5) is 12.0. The zero-order chi connectivity index (χ0) is 20.3. The first-order chi connectivity index (χ1) is 13.2. The predicted molar refractivity (Wildman–Crippen MR) is 96.8 cm³/mol. The van der Waals surface area contributed by atoms with Gasteiger partial charge in [-0.3, -0.25) is 10.00 Å². The van der Waals surface area contributed by atoms with Crippen LogP contribution < -0.4 is 10.6 Å². The SMILES string of the molecule is O=C(Nc1cccc(C(F)(F)F)c1)Nc1nn(Cc2ccccc2F)cc1Cl. The molecule has 10 heteroatoms. The van der Waals surface area contributed by atoms with E-state index in [0.29, 0.717) is 5.56 Å². The molecule has 28 heavy (non-hydrogen) atoms. The molecule has 0 atom stereocenters. The van der Waals surface area contributed by atoms with Gasteiger partial charge < -0.3 is 5.32 Å². The third-order valence-electron chi connectivity index (χ3n) is 3.69. The number of nitrogens with one attached hydrogen (secondary N) is 2. The van der Waals surface area contributed by atoms with Crippen LogP contribution in [-0.4, -0.2) is 15.8 Å². The van der Waals surface area contributed by atoms with Gasteiger partial charge in [-0.2, -0.15) is 18.3 Å². The molecule has 2 N–H and O–H groups in total. The van der Waals surface area contributed by atoms with Gasteiger partial charge in [0, 0.05) is 17.4 Å². The molecule has 0 fully saturated rings. The van der Waals surface area contributed by atoms with Crippen molar-refractivity contribution in [1.82, 2.24) is 9.78 Å². The van der Waals surface area contributed by atoms with Crippen LogP contribution in [0.4, 0.5) is 33.9 Å². The van der Waals surface area contributed by atoms with Crippen molar-refractivity contribution in [2.75, 3.05) is 10.6 Å². The summed E-state index contributed by atoms with van der Waals surface area (Å²) >= 11 is 6.01. The standard InChI is InChI=1S/C18H13ClF4N4O/c19-14-10-27(9-11-4-1-2-7-15(11)20)26-16(14)25-17(28)24-13-6-3-5-12(8-13)18(21,22)23/h1-8,10H,9H2,(H2,24,25,26,28). The van der Waals surface area contributed by atoms with Crippen molar-refractivity contribution in [2.45, 2.75) is 12.7 Å². The number of benzene rings is 2. The van der Waals surface area contributed by atoms with E-state index in [2.05, 4.69) is 15.7 Å². The molecule has 3 rings (SSSR count). The summed E-state index contributed by atoms with van der Waals surface area (Å²) in [5.74, 6) is -0.423. The number of hydrogen-bond donors (Lipinski definition) is 2. The zero-order valence-electron chi connectivity index (χ0n) is 14.1. The highest BCUT2D eigenvalue weighted by Gasteiger charge is 2.30. The summed E-state index contributed by atoms with van der Waals surface area (Å²) in [6, 6.07) is 9.48. The van der Waals surface area contributed by atoms with Crippen molar-refractivity contribution < 1.29 is 22.4 Å². The van der Waals surface area contributed by atoms with E-state index in [9.17, 15) is 22.4 Å². The lowest BCUT2D eigenvalue weighted by atomic mass is 10.2. The van der Waals surface area contributed by atoms with Gasteiger partial charge in [-0.25, -0.2) is 9.18 Å². The average Bonchev–Trinajstić information content (AvgIpc) is 2.95. The van der Waals surface area contributed by atoms with E-state index in [-0.39, 0.29) is 23.1 Å². The third-order valence-corrected chi connectivity index (χ3v) is 3.96. The lowest BCUT2D eigenvalue weighted by Gasteiger charge is -2.10. The van der Waals surface area contributed by atoms with E-state index < -0.39 is 23.6 Å². The Bertz CT molecular complexity index is 1000. The number of rotatable bonds is 4. The molecule has 1 aromatic heterocycles. The topological polar surface area (TPSA) is 59.0 Å². The molecule has 0 unspecified atom stereocenters. The summed E-state index contributed by atoms with van der Waals surface area (Å²) in [6.07, 6.45) is -3.13. The third kappa shape index (κ3) is 4.80. The maximum Gasteiger partial charge on any atom is 0.416 e. The van der Waals surface area contributed by atoms with Crippen molar-refractivity contribution >= 4 is 29.1 Å². The molecule has 3 aromatic rings. The van der Waals surface area contributed by atoms with Gasteiger partial charge in [0.25, 0.3) is 0 Å². The lowest BCUT2D eigenvalue weighted by Crippen LogP contribution is -2.20. The smallest absolute Gasteiger partial charge is 0.308 e. The number of carbonyl (C=O) groups is 1.